The van der Waals surface area contributed by atoms with E-state index < -0.39 is 11.6 Å². The quantitative estimate of drug-likeness (QED) is 0.676. The standard InChI is InChI=1S/C15H26O.C2H4O2/c1-6-15(5,16)12-8-11-14(4)10-7-9-13(2)3;1-2(3)4/h6,9,11,16H,1,7-8,10,12H2,2-5H3;1H3,(H,3,4)/b14-11-;. The lowest BCUT2D eigenvalue weighted by atomic mass is 9.99. The molecule has 0 saturated carbocycles. The van der Waals surface area contributed by atoms with Gasteiger partial charge in [-0.15, -0.1) is 6.58 Å². The third-order valence-electron chi connectivity index (χ3n) is 2.67. The van der Waals surface area contributed by atoms with E-state index in [4.69, 9.17) is 9.90 Å². The number of hydrogen-bond donors (Lipinski definition) is 2. The molecule has 0 rings (SSSR count). The van der Waals surface area contributed by atoms with Crippen molar-refractivity contribution in [1.82, 2.24) is 0 Å². The zero-order valence-corrected chi connectivity index (χ0v) is 13.6. The first-order chi connectivity index (χ1) is 9.10. The molecule has 1 unspecified atom stereocenters. The van der Waals surface area contributed by atoms with Gasteiger partial charge in [0.1, 0.15) is 0 Å². The highest BCUT2D eigenvalue weighted by Crippen LogP contribution is 2.15. The van der Waals surface area contributed by atoms with Crippen molar-refractivity contribution in [2.75, 3.05) is 0 Å². The van der Waals surface area contributed by atoms with Crippen molar-refractivity contribution in [3.63, 3.8) is 0 Å². The Hall–Kier alpha value is -1.35. The Balaban J connectivity index is 0. The number of aliphatic carboxylic acids is 1. The second-order valence-corrected chi connectivity index (χ2v) is 5.49. The Bertz CT molecular complexity index is 341. The Morgan fingerprint density at radius 2 is 1.65 bits per heavy atom. The summed E-state index contributed by atoms with van der Waals surface area (Å²) < 4.78 is 0. The van der Waals surface area contributed by atoms with E-state index >= 15 is 0 Å². The third-order valence-corrected chi connectivity index (χ3v) is 2.67. The van der Waals surface area contributed by atoms with E-state index in [2.05, 4.69) is 39.5 Å². The number of carbonyl (C=O) groups is 1. The van der Waals surface area contributed by atoms with Gasteiger partial charge in [-0.25, -0.2) is 0 Å². The molecule has 0 bridgehead atoms. The summed E-state index contributed by atoms with van der Waals surface area (Å²) in [6, 6.07) is 0. The first-order valence-electron chi connectivity index (χ1n) is 6.95. The molecule has 3 nitrogen and oxygen atoms in total. The van der Waals surface area contributed by atoms with Crippen LogP contribution in [0.25, 0.3) is 0 Å². The van der Waals surface area contributed by atoms with Crippen LogP contribution in [0.15, 0.2) is 36.0 Å². The Morgan fingerprint density at radius 1 is 1.15 bits per heavy atom. The number of allylic oxidation sites excluding steroid dienone is 4. The van der Waals surface area contributed by atoms with Crippen molar-refractivity contribution in [2.45, 2.75) is 65.9 Å². The van der Waals surface area contributed by atoms with Crippen LogP contribution in [-0.2, 0) is 4.79 Å². The van der Waals surface area contributed by atoms with Gasteiger partial charge in [0.15, 0.2) is 0 Å². The van der Waals surface area contributed by atoms with E-state index in [1.165, 1.54) is 11.1 Å². The molecule has 20 heavy (non-hydrogen) atoms. The van der Waals surface area contributed by atoms with Gasteiger partial charge in [0.25, 0.3) is 5.97 Å². The van der Waals surface area contributed by atoms with Gasteiger partial charge >= 0.3 is 0 Å². The minimum atomic E-state index is -0.833. The van der Waals surface area contributed by atoms with Crippen LogP contribution in [0.5, 0.6) is 0 Å². The van der Waals surface area contributed by atoms with Crippen molar-refractivity contribution >= 4 is 5.97 Å². The summed E-state index contributed by atoms with van der Waals surface area (Å²) in [5.41, 5.74) is 2.05. The Morgan fingerprint density at radius 3 is 2.05 bits per heavy atom. The maximum absolute atomic E-state index is 9.73. The van der Waals surface area contributed by atoms with Crippen molar-refractivity contribution < 1.29 is 15.0 Å². The predicted octanol–water partition coefficient (Wildman–Crippen LogP) is 4.49. The Labute approximate surface area is 123 Å². The van der Waals surface area contributed by atoms with Gasteiger partial charge in [0.2, 0.25) is 0 Å². The van der Waals surface area contributed by atoms with Crippen molar-refractivity contribution in [3.8, 4) is 0 Å². The van der Waals surface area contributed by atoms with E-state index in [1.54, 1.807) is 13.0 Å². The van der Waals surface area contributed by atoms with E-state index in [-0.39, 0.29) is 0 Å². The molecular weight excluding hydrogens is 252 g/mol. The molecule has 0 aliphatic rings. The maximum atomic E-state index is 9.73. The molecule has 0 radical (unpaired) electrons. The minimum absolute atomic E-state index is 0.726. The first kappa shape index (κ1) is 21.0. The average molecular weight is 282 g/mol. The highest BCUT2D eigenvalue weighted by molar-refractivity contribution is 5.62. The fourth-order valence-electron chi connectivity index (χ4n) is 1.40. The number of rotatable bonds is 7. The molecule has 116 valence electrons. The van der Waals surface area contributed by atoms with Gasteiger partial charge in [-0.1, -0.05) is 29.4 Å². The van der Waals surface area contributed by atoms with Gasteiger partial charge in [0, 0.05) is 6.92 Å². The lowest BCUT2D eigenvalue weighted by Crippen LogP contribution is -2.19. The molecule has 0 fully saturated rings. The van der Waals surface area contributed by atoms with Crippen LogP contribution < -0.4 is 0 Å². The van der Waals surface area contributed by atoms with Crippen molar-refractivity contribution in [2.24, 2.45) is 0 Å². The average Bonchev–Trinajstić information content (AvgIpc) is 2.27. The molecule has 0 saturated heterocycles. The third kappa shape index (κ3) is 19.0. The molecule has 0 aliphatic carbocycles. The Kier molecular flexibility index (Phi) is 12.0. The summed E-state index contributed by atoms with van der Waals surface area (Å²) in [4.78, 5) is 9.00. The fraction of sp³-hybridized carbons (Fsp3) is 0.588. The summed E-state index contributed by atoms with van der Waals surface area (Å²) in [6.45, 7) is 12.9. The smallest absolute Gasteiger partial charge is 0.300 e. The van der Waals surface area contributed by atoms with E-state index in [0.717, 1.165) is 32.6 Å². The number of hydrogen-bond acceptors (Lipinski definition) is 2. The minimum Gasteiger partial charge on any atom is -0.481 e. The SMILES string of the molecule is C=CC(C)(O)CC/C=C(/C)CCC=C(C)C.CC(=O)O. The molecule has 2 N–H and O–H groups in total. The topological polar surface area (TPSA) is 57.5 Å². The maximum Gasteiger partial charge on any atom is 0.300 e. The summed E-state index contributed by atoms with van der Waals surface area (Å²) >= 11 is 0. The fourth-order valence-corrected chi connectivity index (χ4v) is 1.40. The number of aliphatic hydroxyl groups is 1. The second kappa shape index (κ2) is 11.5. The molecule has 0 spiro atoms. The van der Waals surface area contributed by atoms with Crippen molar-refractivity contribution in [3.05, 3.63) is 36.0 Å². The zero-order chi connectivity index (χ0) is 16.2. The van der Waals surface area contributed by atoms with Gasteiger partial charge in [-0.3, -0.25) is 4.79 Å². The van der Waals surface area contributed by atoms with Gasteiger partial charge in [0.05, 0.1) is 5.60 Å². The lowest BCUT2D eigenvalue weighted by molar-refractivity contribution is -0.134. The molecule has 0 heterocycles. The first-order valence-corrected chi connectivity index (χ1v) is 6.95. The number of carboxylic acids is 1. The molecule has 0 amide bonds. The molecule has 0 aliphatic heterocycles. The van der Waals surface area contributed by atoms with Gasteiger partial charge in [-0.2, -0.15) is 0 Å². The number of carboxylic acid groups (broad SMARTS) is 1. The molecule has 1 atom stereocenters. The molecular formula is C17H30O3. The van der Waals surface area contributed by atoms with E-state index in [0.29, 0.717) is 0 Å². The normalized spacial score (nSPS) is 13.6. The molecule has 0 aromatic rings. The predicted molar refractivity (Wildman–Crippen MR) is 85.8 cm³/mol. The highest BCUT2D eigenvalue weighted by atomic mass is 16.4. The second-order valence-electron chi connectivity index (χ2n) is 5.49. The highest BCUT2D eigenvalue weighted by Gasteiger charge is 2.13. The van der Waals surface area contributed by atoms with Crippen LogP contribution in [0.3, 0.4) is 0 Å². The van der Waals surface area contributed by atoms with Gasteiger partial charge < -0.3 is 10.2 Å². The van der Waals surface area contributed by atoms with E-state index in [9.17, 15) is 5.11 Å². The van der Waals surface area contributed by atoms with Gasteiger partial charge in [-0.05, 0) is 53.4 Å². The molecule has 0 aromatic carbocycles. The van der Waals surface area contributed by atoms with Crippen LogP contribution in [0.2, 0.25) is 0 Å². The molecule has 0 aromatic heterocycles. The van der Waals surface area contributed by atoms with Crippen LogP contribution in [0.1, 0.15) is 60.3 Å². The van der Waals surface area contributed by atoms with Crippen molar-refractivity contribution in [1.29, 1.82) is 0 Å². The zero-order valence-electron chi connectivity index (χ0n) is 13.6. The monoisotopic (exact) mass is 282 g/mol. The summed E-state index contributed by atoms with van der Waals surface area (Å²) in [7, 11) is 0. The summed E-state index contributed by atoms with van der Waals surface area (Å²) in [5.74, 6) is -0.833. The molecule has 3 heteroatoms. The van der Waals surface area contributed by atoms with E-state index in [1.807, 2.05) is 0 Å². The van der Waals surface area contributed by atoms with Crippen LogP contribution in [-0.4, -0.2) is 21.8 Å². The summed E-state index contributed by atoms with van der Waals surface area (Å²) in [5, 5.41) is 17.1. The lowest BCUT2D eigenvalue weighted by Gasteiger charge is -2.16. The van der Waals surface area contributed by atoms with Crippen LogP contribution in [0.4, 0.5) is 0 Å². The van der Waals surface area contributed by atoms with Crippen LogP contribution in [0, 0.1) is 0 Å². The summed E-state index contributed by atoms with van der Waals surface area (Å²) in [6.07, 6.45) is 9.98. The van der Waals surface area contributed by atoms with Crippen LogP contribution >= 0.6 is 0 Å². The largest absolute Gasteiger partial charge is 0.481 e.